The second kappa shape index (κ2) is 8.15. The van der Waals surface area contributed by atoms with Crippen molar-refractivity contribution in [1.82, 2.24) is 0 Å². The molecular weight excluding hydrogens is 390 g/mol. The molecule has 5 nitrogen and oxygen atoms in total. The zero-order valence-electron chi connectivity index (χ0n) is 17.1. The summed E-state index contributed by atoms with van der Waals surface area (Å²) in [4.78, 5) is 2.07. The summed E-state index contributed by atoms with van der Waals surface area (Å²) in [5.41, 5.74) is 5.36. The van der Waals surface area contributed by atoms with Gasteiger partial charge in [0.15, 0.2) is 0 Å². The van der Waals surface area contributed by atoms with Gasteiger partial charge in [0, 0.05) is 38.2 Å². The van der Waals surface area contributed by atoms with E-state index in [-0.39, 0.29) is 6.10 Å². The Morgan fingerprint density at radius 3 is 2.55 bits per heavy atom. The average molecular weight is 418 g/mol. The number of fused-ring (bicyclic) bond motifs is 1. The third kappa shape index (κ3) is 3.97. The van der Waals surface area contributed by atoms with Gasteiger partial charge in [-0.2, -0.15) is 0 Å². The standard InChI is InChI=1S/C23H28ClNO4/c1-13-22(27)19(26)12-20(29-13)18-11-15(21(24)23-17(18)8-9-28-23)10-14-4-6-16(7-5-14)25(2)3/h4-7,11,13,19-20,22,26-27H,8-10,12H2,1-3H3/t13?,19?,20?,22-/m1/s1. The average Bonchev–Trinajstić information content (AvgIpc) is 3.18. The first-order valence-electron chi connectivity index (χ1n) is 10.1. The van der Waals surface area contributed by atoms with E-state index in [1.165, 1.54) is 0 Å². The number of halogens is 1. The van der Waals surface area contributed by atoms with E-state index in [0.717, 1.165) is 40.1 Å². The van der Waals surface area contributed by atoms with Crippen LogP contribution < -0.4 is 9.64 Å². The van der Waals surface area contributed by atoms with E-state index in [9.17, 15) is 10.2 Å². The van der Waals surface area contributed by atoms with Crippen molar-refractivity contribution in [2.24, 2.45) is 0 Å². The fourth-order valence-electron chi connectivity index (χ4n) is 4.23. The Hall–Kier alpha value is -1.79. The zero-order valence-corrected chi connectivity index (χ0v) is 17.8. The molecule has 1 saturated heterocycles. The molecule has 2 aliphatic heterocycles. The minimum absolute atomic E-state index is 0.286. The van der Waals surface area contributed by atoms with Crippen LogP contribution in [0.2, 0.25) is 5.02 Å². The van der Waals surface area contributed by atoms with Crippen molar-refractivity contribution < 1.29 is 19.7 Å². The molecule has 1 fully saturated rings. The lowest BCUT2D eigenvalue weighted by molar-refractivity contribution is -0.163. The highest BCUT2D eigenvalue weighted by Crippen LogP contribution is 2.44. The molecule has 2 N–H and O–H groups in total. The van der Waals surface area contributed by atoms with Gasteiger partial charge in [0.2, 0.25) is 0 Å². The van der Waals surface area contributed by atoms with Crippen molar-refractivity contribution >= 4 is 17.3 Å². The van der Waals surface area contributed by atoms with Crippen LogP contribution in [-0.2, 0) is 17.6 Å². The molecule has 0 spiro atoms. The number of aliphatic hydroxyl groups excluding tert-OH is 2. The van der Waals surface area contributed by atoms with Gasteiger partial charge in [-0.15, -0.1) is 0 Å². The fourth-order valence-corrected chi connectivity index (χ4v) is 4.52. The number of hydrogen-bond donors (Lipinski definition) is 2. The summed E-state index contributed by atoms with van der Waals surface area (Å²) < 4.78 is 11.9. The highest BCUT2D eigenvalue weighted by Gasteiger charge is 2.37. The van der Waals surface area contributed by atoms with Gasteiger partial charge in [-0.3, -0.25) is 0 Å². The largest absolute Gasteiger partial charge is 0.491 e. The van der Waals surface area contributed by atoms with E-state index >= 15 is 0 Å². The number of nitrogens with zero attached hydrogens (tertiary/aromatic N) is 1. The molecule has 0 bridgehead atoms. The van der Waals surface area contributed by atoms with Gasteiger partial charge < -0.3 is 24.6 Å². The van der Waals surface area contributed by atoms with Gasteiger partial charge in [-0.05, 0) is 42.2 Å². The lowest BCUT2D eigenvalue weighted by Crippen LogP contribution is -2.44. The molecule has 2 aromatic rings. The van der Waals surface area contributed by atoms with Gasteiger partial charge in [-0.25, -0.2) is 0 Å². The highest BCUT2D eigenvalue weighted by atomic mass is 35.5. The van der Waals surface area contributed by atoms with Crippen LogP contribution in [0.25, 0.3) is 0 Å². The highest BCUT2D eigenvalue weighted by molar-refractivity contribution is 6.33. The molecule has 0 aromatic heterocycles. The summed E-state index contributed by atoms with van der Waals surface area (Å²) >= 11 is 6.71. The van der Waals surface area contributed by atoms with Crippen LogP contribution in [0.1, 0.15) is 41.7 Å². The molecule has 6 heteroatoms. The third-order valence-electron chi connectivity index (χ3n) is 5.94. The smallest absolute Gasteiger partial charge is 0.141 e. The summed E-state index contributed by atoms with van der Waals surface area (Å²) in [6.45, 7) is 2.39. The maximum absolute atomic E-state index is 10.3. The summed E-state index contributed by atoms with van der Waals surface area (Å²) in [6, 6.07) is 10.5. The number of hydrogen-bond acceptors (Lipinski definition) is 5. The Morgan fingerprint density at radius 2 is 1.90 bits per heavy atom. The number of rotatable bonds is 4. The van der Waals surface area contributed by atoms with Crippen molar-refractivity contribution in [3.05, 3.63) is 57.6 Å². The predicted octanol–water partition coefficient (Wildman–Crippen LogP) is 3.50. The number of benzene rings is 2. The summed E-state index contributed by atoms with van der Waals surface area (Å²) in [5.74, 6) is 0.737. The van der Waals surface area contributed by atoms with Crippen LogP contribution in [0, 0.1) is 0 Å². The van der Waals surface area contributed by atoms with Gasteiger partial charge in [0.1, 0.15) is 11.9 Å². The van der Waals surface area contributed by atoms with Crippen LogP contribution in [0.15, 0.2) is 30.3 Å². The molecule has 0 saturated carbocycles. The molecule has 156 valence electrons. The molecule has 0 amide bonds. The van der Waals surface area contributed by atoms with Gasteiger partial charge >= 0.3 is 0 Å². The molecule has 2 heterocycles. The number of aliphatic hydroxyl groups is 2. The van der Waals surface area contributed by atoms with Gasteiger partial charge in [-0.1, -0.05) is 29.8 Å². The second-order valence-corrected chi connectivity index (χ2v) is 8.58. The summed E-state index contributed by atoms with van der Waals surface area (Å²) in [7, 11) is 4.04. The molecular formula is C23H28ClNO4. The van der Waals surface area contributed by atoms with Crippen molar-refractivity contribution in [2.75, 3.05) is 25.6 Å². The van der Waals surface area contributed by atoms with Crippen molar-refractivity contribution in [1.29, 1.82) is 0 Å². The van der Waals surface area contributed by atoms with E-state index in [1.54, 1.807) is 6.92 Å². The lowest BCUT2D eigenvalue weighted by Gasteiger charge is -2.36. The molecule has 4 atom stereocenters. The van der Waals surface area contributed by atoms with Crippen LogP contribution in [0.4, 0.5) is 5.69 Å². The second-order valence-electron chi connectivity index (χ2n) is 8.21. The fraction of sp³-hybridized carbons (Fsp3) is 0.478. The Kier molecular flexibility index (Phi) is 5.76. The van der Waals surface area contributed by atoms with E-state index in [4.69, 9.17) is 21.1 Å². The van der Waals surface area contributed by atoms with Crippen molar-refractivity contribution in [3.8, 4) is 5.75 Å². The number of ether oxygens (including phenoxy) is 2. The molecule has 29 heavy (non-hydrogen) atoms. The first-order valence-corrected chi connectivity index (χ1v) is 10.5. The van der Waals surface area contributed by atoms with E-state index in [1.807, 2.05) is 14.1 Å². The SMILES string of the molecule is CC1OC(c2cc(Cc3ccc(N(C)C)cc3)c(Cl)c3c2CCO3)CC(O)[C@@H]1O. The minimum atomic E-state index is -0.863. The Labute approximate surface area is 176 Å². The Morgan fingerprint density at radius 1 is 1.17 bits per heavy atom. The Balaban J connectivity index is 1.68. The molecule has 2 aromatic carbocycles. The summed E-state index contributed by atoms with van der Waals surface area (Å²) in [5, 5.41) is 21.0. The lowest BCUT2D eigenvalue weighted by atomic mass is 9.89. The van der Waals surface area contributed by atoms with E-state index in [0.29, 0.717) is 24.5 Å². The predicted molar refractivity (Wildman–Crippen MR) is 114 cm³/mol. The zero-order chi connectivity index (χ0) is 20.7. The monoisotopic (exact) mass is 417 g/mol. The first kappa shape index (κ1) is 20.5. The first-order chi connectivity index (χ1) is 13.8. The van der Waals surface area contributed by atoms with Crippen LogP contribution in [0.3, 0.4) is 0 Å². The minimum Gasteiger partial charge on any atom is -0.491 e. The molecule has 0 aliphatic carbocycles. The van der Waals surface area contributed by atoms with Crippen molar-refractivity contribution in [3.63, 3.8) is 0 Å². The molecule has 2 aliphatic rings. The maximum Gasteiger partial charge on any atom is 0.141 e. The Bertz CT molecular complexity index is 871. The molecule has 4 rings (SSSR count). The quantitative estimate of drug-likeness (QED) is 0.797. The van der Waals surface area contributed by atoms with Crippen LogP contribution in [0.5, 0.6) is 5.75 Å². The topological polar surface area (TPSA) is 62.2 Å². The van der Waals surface area contributed by atoms with Gasteiger partial charge in [0.25, 0.3) is 0 Å². The third-order valence-corrected chi connectivity index (χ3v) is 6.35. The maximum atomic E-state index is 10.3. The summed E-state index contributed by atoms with van der Waals surface area (Å²) in [6.07, 6.45) is -0.572. The number of anilines is 1. The van der Waals surface area contributed by atoms with Crippen molar-refractivity contribution in [2.45, 2.75) is 50.6 Å². The van der Waals surface area contributed by atoms with Crippen LogP contribution >= 0.6 is 11.6 Å². The van der Waals surface area contributed by atoms with Gasteiger partial charge in [0.05, 0.1) is 29.9 Å². The van der Waals surface area contributed by atoms with Crippen LogP contribution in [-0.4, -0.2) is 49.2 Å². The molecule has 0 radical (unpaired) electrons. The van der Waals surface area contributed by atoms with E-state index < -0.39 is 18.3 Å². The normalized spacial score (nSPS) is 26.1. The molecule has 3 unspecified atom stereocenters. The van der Waals surface area contributed by atoms with E-state index in [2.05, 4.69) is 35.2 Å².